The second-order valence-corrected chi connectivity index (χ2v) is 7.45. The Hall–Kier alpha value is -3.51. The minimum absolute atomic E-state index is 0.258. The molecule has 0 radical (unpaired) electrons. The molecule has 0 atom stereocenters. The smallest absolute Gasteiger partial charge is 0.274 e. The summed E-state index contributed by atoms with van der Waals surface area (Å²) in [5.74, 6) is -0.299. The third-order valence-corrected chi connectivity index (χ3v) is 5.19. The minimum Gasteiger partial charge on any atom is -0.346 e. The Morgan fingerprint density at radius 1 is 1.00 bits per heavy atom. The summed E-state index contributed by atoms with van der Waals surface area (Å²) in [4.78, 5) is 17.1. The van der Waals surface area contributed by atoms with E-state index in [0.717, 1.165) is 22.4 Å². The summed E-state index contributed by atoms with van der Waals surface area (Å²) in [6.45, 7) is 4.46. The molecule has 4 aromatic rings. The highest BCUT2D eigenvalue weighted by Gasteiger charge is 2.22. The first kappa shape index (κ1) is 19.8. The first-order chi connectivity index (χ1) is 14.5. The SMILES string of the molecule is Cc1ccc(-n2nnc(C(=O)NCc3ccc(Cl)cc3)c2-c2ccncc2)cc1C. The average Bonchev–Trinajstić information content (AvgIpc) is 3.21. The molecule has 6 nitrogen and oxygen atoms in total. The first-order valence-corrected chi connectivity index (χ1v) is 9.87. The molecule has 2 aromatic carbocycles. The lowest BCUT2D eigenvalue weighted by Gasteiger charge is -2.10. The summed E-state index contributed by atoms with van der Waals surface area (Å²) in [7, 11) is 0. The topological polar surface area (TPSA) is 72.7 Å². The fourth-order valence-electron chi connectivity index (χ4n) is 3.11. The van der Waals surface area contributed by atoms with Crippen LogP contribution in [0.5, 0.6) is 0 Å². The van der Waals surface area contributed by atoms with Gasteiger partial charge in [0.25, 0.3) is 5.91 Å². The Balaban J connectivity index is 1.70. The monoisotopic (exact) mass is 417 g/mol. The van der Waals surface area contributed by atoms with Crippen molar-refractivity contribution in [2.75, 3.05) is 0 Å². The number of nitrogens with one attached hydrogen (secondary N) is 1. The Morgan fingerprint density at radius 2 is 1.73 bits per heavy atom. The number of aromatic nitrogens is 4. The predicted octanol–water partition coefficient (Wildman–Crippen LogP) is 4.53. The van der Waals surface area contributed by atoms with Crippen molar-refractivity contribution in [3.05, 3.63) is 94.4 Å². The molecule has 2 heterocycles. The number of nitrogens with zero attached hydrogens (tertiary/aromatic N) is 4. The molecule has 0 fully saturated rings. The molecule has 0 aliphatic heterocycles. The number of benzene rings is 2. The first-order valence-electron chi connectivity index (χ1n) is 9.49. The number of hydrogen-bond donors (Lipinski definition) is 1. The molecule has 7 heteroatoms. The zero-order chi connectivity index (χ0) is 21.1. The van der Waals surface area contributed by atoms with Gasteiger partial charge in [-0.15, -0.1) is 5.10 Å². The van der Waals surface area contributed by atoms with E-state index < -0.39 is 0 Å². The van der Waals surface area contributed by atoms with Gasteiger partial charge in [0.05, 0.1) is 5.69 Å². The van der Waals surface area contributed by atoms with Gasteiger partial charge in [0, 0.05) is 29.5 Å². The number of hydrogen-bond acceptors (Lipinski definition) is 4. The Bertz CT molecular complexity index is 1190. The van der Waals surface area contributed by atoms with E-state index in [-0.39, 0.29) is 11.6 Å². The summed E-state index contributed by atoms with van der Waals surface area (Å²) in [5, 5.41) is 12.1. The highest BCUT2D eigenvalue weighted by Crippen LogP contribution is 2.26. The summed E-state index contributed by atoms with van der Waals surface area (Å²) in [6.07, 6.45) is 3.37. The highest BCUT2D eigenvalue weighted by atomic mass is 35.5. The number of aryl methyl sites for hydroxylation is 2. The van der Waals surface area contributed by atoms with Crippen LogP contribution in [0.25, 0.3) is 16.9 Å². The van der Waals surface area contributed by atoms with Gasteiger partial charge in [-0.2, -0.15) is 0 Å². The van der Waals surface area contributed by atoms with E-state index in [1.807, 2.05) is 49.4 Å². The minimum atomic E-state index is -0.299. The van der Waals surface area contributed by atoms with Gasteiger partial charge >= 0.3 is 0 Å². The van der Waals surface area contributed by atoms with E-state index in [9.17, 15) is 4.79 Å². The van der Waals surface area contributed by atoms with Gasteiger partial charge in [0.15, 0.2) is 5.69 Å². The maximum Gasteiger partial charge on any atom is 0.274 e. The van der Waals surface area contributed by atoms with Crippen LogP contribution in [-0.2, 0) is 6.54 Å². The van der Waals surface area contributed by atoms with Crippen molar-refractivity contribution in [2.24, 2.45) is 0 Å². The second-order valence-electron chi connectivity index (χ2n) is 7.01. The Morgan fingerprint density at radius 3 is 2.43 bits per heavy atom. The number of halogens is 1. The largest absolute Gasteiger partial charge is 0.346 e. The number of amides is 1. The zero-order valence-electron chi connectivity index (χ0n) is 16.6. The quantitative estimate of drug-likeness (QED) is 0.517. The van der Waals surface area contributed by atoms with E-state index in [1.165, 1.54) is 5.56 Å². The van der Waals surface area contributed by atoms with Gasteiger partial charge in [-0.25, -0.2) is 4.68 Å². The molecule has 0 spiro atoms. The molecule has 0 bridgehead atoms. The number of pyridine rings is 1. The maximum atomic E-state index is 13.0. The van der Waals surface area contributed by atoms with Gasteiger partial charge in [-0.1, -0.05) is 35.0 Å². The molecule has 1 amide bonds. The molecule has 0 saturated heterocycles. The fraction of sp³-hybridized carbons (Fsp3) is 0.130. The van der Waals surface area contributed by atoms with E-state index in [1.54, 1.807) is 29.2 Å². The molecule has 2 aromatic heterocycles. The Labute approximate surface area is 179 Å². The van der Waals surface area contributed by atoms with Crippen LogP contribution < -0.4 is 5.32 Å². The molecular formula is C23H20ClN5O. The molecule has 150 valence electrons. The van der Waals surface area contributed by atoms with Crippen molar-refractivity contribution >= 4 is 17.5 Å². The van der Waals surface area contributed by atoms with Crippen molar-refractivity contribution in [1.82, 2.24) is 25.3 Å². The lowest BCUT2D eigenvalue weighted by Crippen LogP contribution is -2.24. The average molecular weight is 418 g/mol. The van der Waals surface area contributed by atoms with Crippen LogP contribution >= 0.6 is 11.6 Å². The molecule has 1 N–H and O–H groups in total. The van der Waals surface area contributed by atoms with Crippen LogP contribution in [0.2, 0.25) is 5.02 Å². The second kappa shape index (κ2) is 8.47. The molecule has 0 saturated carbocycles. The van der Waals surface area contributed by atoms with Crippen molar-refractivity contribution < 1.29 is 4.79 Å². The summed E-state index contributed by atoms with van der Waals surface area (Å²) in [5.41, 5.74) is 5.80. The van der Waals surface area contributed by atoms with Gasteiger partial charge in [0.2, 0.25) is 0 Å². The highest BCUT2D eigenvalue weighted by molar-refractivity contribution is 6.30. The third-order valence-electron chi connectivity index (χ3n) is 4.94. The Kier molecular flexibility index (Phi) is 5.59. The van der Waals surface area contributed by atoms with Crippen LogP contribution in [-0.4, -0.2) is 25.9 Å². The lowest BCUT2D eigenvalue weighted by atomic mass is 10.1. The van der Waals surface area contributed by atoms with Gasteiger partial charge < -0.3 is 5.32 Å². The van der Waals surface area contributed by atoms with Crippen LogP contribution in [0.15, 0.2) is 67.0 Å². The van der Waals surface area contributed by atoms with E-state index in [4.69, 9.17) is 11.6 Å². The molecule has 30 heavy (non-hydrogen) atoms. The van der Waals surface area contributed by atoms with Crippen molar-refractivity contribution in [3.63, 3.8) is 0 Å². The summed E-state index contributed by atoms with van der Waals surface area (Å²) >= 11 is 5.93. The summed E-state index contributed by atoms with van der Waals surface area (Å²) in [6, 6.07) is 17.0. The molecule has 0 aliphatic carbocycles. The van der Waals surface area contributed by atoms with Crippen molar-refractivity contribution in [2.45, 2.75) is 20.4 Å². The van der Waals surface area contributed by atoms with Crippen molar-refractivity contribution in [1.29, 1.82) is 0 Å². The maximum absolute atomic E-state index is 13.0. The van der Waals surface area contributed by atoms with E-state index in [2.05, 4.69) is 27.5 Å². The molecule has 4 rings (SSSR count). The normalized spacial score (nSPS) is 10.8. The van der Waals surface area contributed by atoms with Crippen LogP contribution in [0, 0.1) is 13.8 Å². The summed E-state index contributed by atoms with van der Waals surface area (Å²) < 4.78 is 1.69. The van der Waals surface area contributed by atoms with Gasteiger partial charge in [0.1, 0.15) is 5.69 Å². The number of carbonyl (C=O) groups excluding carboxylic acids is 1. The zero-order valence-corrected chi connectivity index (χ0v) is 17.4. The number of rotatable bonds is 5. The fourth-order valence-corrected chi connectivity index (χ4v) is 3.24. The van der Waals surface area contributed by atoms with E-state index in [0.29, 0.717) is 17.3 Å². The molecule has 0 unspecified atom stereocenters. The number of carbonyl (C=O) groups is 1. The van der Waals surface area contributed by atoms with Gasteiger partial charge in [-0.05, 0) is 66.9 Å². The predicted molar refractivity (Wildman–Crippen MR) is 117 cm³/mol. The van der Waals surface area contributed by atoms with Crippen LogP contribution in [0.3, 0.4) is 0 Å². The van der Waals surface area contributed by atoms with Crippen molar-refractivity contribution in [3.8, 4) is 16.9 Å². The van der Waals surface area contributed by atoms with E-state index >= 15 is 0 Å². The van der Waals surface area contributed by atoms with Gasteiger partial charge in [-0.3, -0.25) is 9.78 Å². The van der Waals surface area contributed by atoms with Crippen LogP contribution in [0.4, 0.5) is 0 Å². The lowest BCUT2D eigenvalue weighted by molar-refractivity contribution is 0.0946. The van der Waals surface area contributed by atoms with Crippen LogP contribution in [0.1, 0.15) is 27.2 Å². The standard InChI is InChI=1S/C23H20ClN5O/c1-15-3-8-20(13-16(15)2)29-22(18-9-11-25-12-10-18)21(27-28-29)23(30)26-14-17-4-6-19(24)7-5-17/h3-13H,14H2,1-2H3,(H,26,30). The molecular weight excluding hydrogens is 398 g/mol. The third kappa shape index (κ3) is 4.09. The molecule has 0 aliphatic rings.